The lowest BCUT2D eigenvalue weighted by Gasteiger charge is -2.46. The second kappa shape index (κ2) is 5.67. The smallest absolute Gasteiger partial charge is 0.330 e. The number of fused-ring (bicyclic) bond motifs is 1. The normalized spacial score (nSPS) is 30.5. The number of hydrogen-bond acceptors (Lipinski definition) is 4. The van der Waals surface area contributed by atoms with Gasteiger partial charge in [0, 0.05) is 0 Å². The van der Waals surface area contributed by atoms with Crippen LogP contribution in [-0.4, -0.2) is 40.4 Å². The Bertz CT molecular complexity index is 692. The lowest BCUT2D eigenvalue weighted by atomic mass is 9.98. The molecule has 124 valence electrons. The number of ether oxygens (including phenoxy) is 1. The molecule has 0 aliphatic carbocycles. The van der Waals surface area contributed by atoms with E-state index in [1.165, 1.54) is 4.90 Å². The molecule has 2 fully saturated rings. The van der Waals surface area contributed by atoms with Crippen molar-refractivity contribution in [2.75, 3.05) is 0 Å². The Morgan fingerprint density at radius 1 is 1.30 bits per heavy atom. The highest BCUT2D eigenvalue weighted by molar-refractivity contribution is 9.26. The summed E-state index contributed by atoms with van der Waals surface area (Å²) in [5.74, 6) is -0.832. The largest absolute Gasteiger partial charge is 0.459 e. The third-order valence-corrected chi connectivity index (χ3v) is 8.59. The van der Waals surface area contributed by atoms with Gasteiger partial charge < -0.3 is 9.64 Å². The van der Waals surface area contributed by atoms with Crippen LogP contribution in [0.3, 0.4) is 0 Å². The third-order valence-electron chi connectivity index (χ3n) is 4.19. The van der Waals surface area contributed by atoms with E-state index in [1.807, 2.05) is 30.3 Å². The molecule has 0 bridgehead atoms. The standard InChI is InChI=1S/C15H15Br2NO4S/c1-14(2)10(11(19)22-8-9-6-4-3-5-7-9)18-12(20)15(16,17)13(18)23(14)21/h3-7,10,13H,8H2,1-2H3/t10-,13+,23-/m0/s1. The Hall–Kier alpha value is -0.730. The van der Waals surface area contributed by atoms with Gasteiger partial charge in [-0.15, -0.1) is 0 Å². The van der Waals surface area contributed by atoms with Gasteiger partial charge in [0.15, 0.2) is 3.23 Å². The van der Waals surface area contributed by atoms with E-state index in [-0.39, 0.29) is 12.5 Å². The van der Waals surface area contributed by atoms with Crippen LogP contribution in [0.1, 0.15) is 19.4 Å². The van der Waals surface area contributed by atoms with E-state index >= 15 is 0 Å². The van der Waals surface area contributed by atoms with E-state index < -0.39 is 36.2 Å². The van der Waals surface area contributed by atoms with Gasteiger partial charge in [0.05, 0.1) is 15.5 Å². The number of hydrogen-bond donors (Lipinski definition) is 0. The van der Waals surface area contributed by atoms with E-state index in [4.69, 9.17) is 4.74 Å². The first-order valence-electron chi connectivity index (χ1n) is 7.01. The maximum Gasteiger partial charge on any atom is 0.330 e. The molecule has 0 saturated carbocycles. The number of carbonyl (C=O) groups is 2. The SMILES string of the molecule is CC1(C)[C@H](C(=O)OCc2ccccc2)N2C(=O)C(Br)(Br)[C@H]2[S@@]1=O. The molecular formula is C15H15Br2NO4S. The van der Waals surface area contributed by atoms with E-state index in [0.717, 1.165) is 5.56 Å². The van der Waals surface area contributed by atoms with Crippen LogP contribution in [0.5, 0.6) is 0 Å². The predicted octanol–water partition coefficient (Wildman–Crippen LogP) is 2.29. The van der Waals surface area contributed by atoms with Crippen molar-refractivity contribution in [3.8, 4) is 0 Å². The zero-order chi connectivity index (χ0) is 17.0. The van der Waals surface area contributed by atoms with Crippen LogP contribution in [0.25, 0.3) is 0 Å². The molecule has 3 atom stereocenters. The third kappa shape index (κ3) is 2.49. The highest BCUT2D eigenvalue weighted by Crippen LogP contribution is 2.55. The number of nitrogens with zero attached hydrogens (tertiary/aromatic N) is 1. The van der Waals surface area contributed by atoms with Crippen molar-refractivity contribution < 1.29 is 18.5 Å². The van der Waals surface area contributed by atoms with E-state index in [9.17, 15) is 13.8 Å². The number of carbonyl (C=O) groups excluding carboxylic acids is 2. The zero-order valence-electron chi connectivity index (χ0n) is 12.5. The van der Waals surface area contributed by atoms with Crippen molar-refractivity contribution in [1.82, 2.24) is 4.90 Å². The Morgan fingerprint density at radius 3 is 2.52 bits per heavy atom. The molecule has 2 aliphatic heterocycles. The number of alkyl halides is 2. The molecule has 0 spiro atoms. The summed E-state index contributed by atoms with van der Waals surface area (Å²) in [5.41, 5.74) is 0.861. The fourth-order valence-electron chi connectivity index (χ4n) is 2.92. The van der Waals surface area contributed by atoms with Gasteiger partial charge in [-0.1, -0.05) is 62.2 Å². The number of rotatable bonds is 3. The molecule has 1 aromatic carbocycles. The number of benzene rings is 1. The Labute approximate surface area is 153 Å². The van der Waals surface area contributed by atoms with Crippen molar-refractivity contribution in [3.63, 3.8) is 0 Å². The number of β-lactam (4-membered cyclic amide) rings is 1. The quantitative estimate of drug-likeness (QED) is 0.391. The van der Waals surface area contributed by atoms with E-state index in [0.29, 0.717) is 0 Å². The van der Waals surface area contributed by atoms with Crippen LogP contribution in [0.15, 0.2) is 30.3 Å². The van der Waals surface area contributed by atoms with Gasteiger partial charge in [0.1, 0.15) is 18.0 Å². The van der Waals surface area contributed by atoms with Gasteiger partial charge in [0.2, 0.25) is 0 Å². The van der Waals surface area contributed by atoms with Crippen molar-refractivity contribution in [3.05, 3.63) is 35.9 Å². The first kappa shape index (κ1) is 17.1. The van der Waals surface area contributed by atoms with E-state index in [1.54, 1.807) is 13.8 Å². The lowest BCUT2D eigenvalue weighted by molar-refractivity contribution is -0.162. The van der Waals surface area contributed by atoms with Crippen LogP contribution in [0.4, 0.5) is 0 Å². The summed E-state index contributed by atoms with van der Waals surface area (Å²) in [6.45, 7) is 3.57. The maximum atomic E-state index is 12.7. The molecule has 5 nitrogen and oxygen atoms in total. The molecule has 0 radical (unpaired) electrons. The fourth-order valence-corrected chi connectivity index (χ4v) is 6.59. The molecule has 2 saturated heterocycles. The minimum atomic E-state index is -1.40. The van der Waals surface area contributed by atoms with Crippen molar-refractivity contribution in [2.45, 2.75) is 39.9 Å². The summed E-state index contributed by atoms with van der Waals surface area (Å²) >= 11 is 6.52. The molecule has 0 aromatic heterocycles. The average molecular weight is 465 g/mol. The summed E-state index contributed by atoms with van der Waals surface area (Å²) in [4.78, 5) is 26.2. The molecular weight excluding hydrogens is 450 g/mol. The van der Waals surface area contributed by atoms with Crippen LogP contribution in [0.2, 0.25) is 0 Å². The molecule has 3 rings (SSSR count). The minimum Gasteiger partial charge on any atom is -0.459 e. The second-order valence-electron chi connectivity index (χ2n) is 6.08. The summed E-state index contributed by atoms with van der Waals surface area (Å²) in [5, 5.41) is -0.584. The minimum absolute atomic E-state index is 0.124. The number of halogens is 2. The van der Waals surface area contributed by atoms with Gasteiger partial charge in [-0.3, -0.25) is 9.00 Å². The summed E-state index contributed by atoms with van der Waals surface area (Å²) in [6.07, 6.45) is 0. The van der Waals surface area contributed by atoms with Crippen LogP contribution in [-0.2, 0) is 31.7 Å². The molecule has 2 heterocycles. The maximum absolute atomic E-state index is 12.7. The topological polar surface area (TPSA) is 63.7 Å². The molecule has 1 aromatic rings. The van der Waals surface area contributed by atoms with Crippen molar-refractivity contribution in [2.24, 2.45) is 0 Å². The van der Waals surface area contributed by atoms with Crippen LogP contribution in [0, 0.1) is 0 Å². The second-order valence-corrected chi connectivity index (χ2v) is 11.7. The Kier molecular flexibility index (Phi) is 4.21. The lowest BCUT2D eigenvalue weighted by Crippen LogP contribution is -2.69. The molecule has 23 heavy (non-hydrogen) atoms. The first-order valence-corrected chi connectivity index (χ1v) is 9.80. The molecule has 0 N–H and O–H groups in total. The highest BCUT2D eigenvalue weighted by Gasteiger charge is 2.73. The van der Waals surface area contributed by atoms with Gasteiger partial charge in [-0.25, -0.2) is 4.79 Å². The molecule has 1 amide bonds. The number of amides is 1. The van der Waals surface area contributed by atoms with Gasteiger partial charge in [-0.05, 0) is 19.4 Å². The van der Waals surface area contributed by atoms with Crippen molar-refractivity contribution >= 4 is 54.5 Å². The van der Waals surface area contributed by atoms with Gasteiger partial charge >= 0.3 is 5.97 Å². The highest BCUT2D eigenvalue weighted by atomic mass is 79.9. The first-order chi connectivity index (χ1) is 10.7. The van der Waals surface area contributed by atoms with Crippen molar-refractivity contribution in [1.29, 1.82) is 0 Å². The summed E-state index contributed by atoms with van der Waals surface area (Å²) < 4.78 is 16.1. The Balaban J connectivity index is 1.80. The van der Waals surface area contributed by atoms with Crippen LogP contribution >= 0.6 is 31.9 Å². The monoisotopic (exact) mass is 463 g/mol. The molecule has 0 unspecified atom stereocenters. The summed E-state index contributed by atoms with van der Waals surface area (Å²) in [7, 11) is -1.40. The predicted molar refractivity (Wildman–Crippen MR) is 93.5 cm³/mol. The zero-order valence-corrected chi connectivity index (χ0v) is 16.5. The van der Waals surface area contributed by atoms with E-state index in [2.05, 4.69) is 31.9 Å². The molecule has 8 heteroatoms. The Morgan fingerprint density at radius 2 is 1.91 bits per heavy atom. The van der Waals surface area contributed by atoms with Gasteiger partial charge in [0.25, 0.3) is 5.91 Å². The molecule has 2 aliphatic rings. The average Bonchev–Trinajstić information content (AvgIpc) is 2.71. The number of esters is 1. The van der Waals surface area contributed by atoms with Crippen LogP contribution < -0.4 is 0 Å². The van der Waals surface area contributed by atoms with Gasteiger partial charge in [-0.2, -0.15) is 0 Å². The summed E-state index contributed by atoms with van der Waals surface area (Å²) in [6, 6.07) is 8.44. The fraction of sp³-hybridized carbons (Fsp3) is 0.467.